The molecular formula is C21H16N4O4. The maximum absolute atomic E-state index is 11.6. The van der Waals surface area contributed by atoms with Gasteiger partial charge in [0.05, 0.1) is 11.4 Å². The monoisotopic (exact) mass is 388 g/mol. The molecule has 0 aromatic rings. The number of allylic oxidation sites excluding steroid dienone is 8. The van der Waals surface area contributed by atoms with E-state index < -0.39 is 23.6 Å². The van der Waals surface area contributed by atoms with Gasteiger partial charge in [-0.3, -0.25) is 19.2 Å². The maximum Gasteiger partial charge on any atom is 0.274 e. The number of nitrogens with zero attached hydrogens (tertiary/aromatic N) is 4. The fourth-order valence-electron chi connectivity index (χ4n) is 3.03. The lowest BCUT2D eigenvalue weighted by Gasteiger charge is -2.14. The van der Waals surface area contributed by atoms with Crippen LogP contribution in [0.25, 0.3) is 0 Å². The Morgan fingerprint density at radius 3 is 1.28 bits per heavy atom. The molecule has 4 rings (SSSR count). The van der Waals surface area contributed by atoms with E-state index >= 15 is 0 Å². The average molecular weight is 388 g/mol. The van der Waals surface area contributed by atoms with Crippen LogP contribution in [0.1, 0.15) is 19.3 Å². The van der Waals surface area contributed by atoms with Crippen LogP contribution < -0.4 is 0 Å². The Morgan fingerprint density at radius 2 is 0.966 bits per heavy atom. The molecule has 0 N–H and O–H groups in total. The van der Waals surface area contributed by atoms with Gasteiger partial charge >= 0.3 is 0 Å². The third-order valence-corrected chi connectivity index (χ3v) is 4.56. The van der Waals surface area contributed by atoms with Crippen LogP contribution >= 0.6 is 0 Å². The third-order valence-electron chi connectivity index (χ3n) is 4.56. The van der Waals surface area contributed by atoms with E-state index in [9.17, 15) is 19.2 Å². The Bertz CT molecular complexity index is 946. The number of carbonyl (C=O) groups is 4. The molecule has 4 aliphatic rings. The zero-order valence-electron chi connectivity index (χ0n) is 15.3. The summed E-state index contributed by atoms with van der Waals surface area (Å²) in [6, 6.07) is 0. The molecule has 2 aliphatic heterocycles. The SMILES string of the molecule is O=C1C=CC(=O)N1N=C1C=CC(CC2=CCC(=NN3C(=O)C=CC3=O)C=C2)=CC1. The van der Waals surface area contributed by atoms with Gasteiger partial charge in [-0.15, -0.1) is 0 Å². The maximum atomic E-state index is 11.6. The van der Waals surface area contributed by atoms with Gasteiger partial charge in [0.15, 0.2) is 0 Å². The number of rotatable bonds is 4. The van der Waals surface area contributed by atoms with Crippen molar-refractivity contribution in [3.05, 3.63) is 71.9 Å². The molecule has 4 amide bonds. The highest BCUT2D eigenvalue weighted by Gasteiger charge is 2.24. The summed E-state index contributed by atoms with van der Waals surface area (Å²) < 4.78 is 0. The molecular weight excluding hydrogens is 372 g/mol. The summed E-state index contributed by atoms with van der Waals surface area (Å²) in [5.74, 6) is -1.75. The minimum atomic E-state index is -0.436. The molecule has 0 aromatic heterocycles. The van der Waals surface area contributed by atoms with Crippen molar-refractivity contribution in [3.63, 3.8) is 0 Å². The Morgan fingerprint density at radius 1 is 0.586 bits per heavy atom. The van der Waals surface area contributed by atoms with Gasteiger partial charge in [-0.1, -0.05) is 24.3 Å². The van der Waals surface area contributed by atoms with Crippen molar-refractivity contribution in [1.29, 1.82) is 0 Å². The lowest BCUT2D eigenvalue weighted by molar-refractivity contribution is -0.138. The smallest absolute Gasteiger partial charge is 0.267 e. The predicted octanol–water partition coefficient (Wildman–Crippen LogP) is 1.71. The predicted molar refractivity (Wildman–Crippen MR) is 105 cm³/mol. The second-order valence-corrected chi connectivity index (χ2v) is 6.64. The summed E-state index contributed by atoms with van der Waals surface area (Å²) in [5, 5.41) is 9.91. The number of carbonyl (C=O) groups excluding carboxylic acids is 4. The van der Waals surface area contributed by atoms with Crippen LogP contribution in [-0.2, 0) is 19.2 Å². The minimum Gasteiger partial charge on any atom is -0.267 e. The topological polar surface area (TPSA) is 99.5 Å². The van der Waals surface area contributed by atoms with Crippen molar-refractivity contribution in [2.45, 2.75) is 19.3 Å². The summed E-state index contributed by atoms with van der Waals surface area (Å²) in [6.45, 7) is 0. The van der Waals surface area contributed by atoms with E-state index in [1.165, 1.54) is 24.3 Å². The first-order chi connectivity index (χ1) is 14.0. The molecule has 8 nitrogen and oxygen atoms in total. The molecule has 8 heteroatoms. The van der Waals surface area contributed by atoms with Crippen molar-refractivity contribution in [1.82, 2.24) is 10.0 Å². The van der Waals surface area contributed by atoms with Gasteiger partial charge in [-0.2, -0.15) is 20.2 Å². The summed E-state index contributed by atoms with van der Waals surface area (Å²) in [4.78, 5) is 46.2. The van der Waals surface area contributed by atoms with E-state index in [4.69, 9.17) is 0 Å². The molecule has 0 saturated carbocycles. The van der Waals surface area contributed by atoms with Crippen molar-refractivity contribution < 1.29 is 19.2 Å². The van der Waals surface area contributed by atoms with Gasteiger partial charge in [0, 0.05) is 37.1 Å². The second kappa shape index (κ2) is 7.59. The molecule has 0 spiro atoms. The normalized spacial score (nSPS) is 23.9. The summed E-state index contributed by atoms with van der Waals surface area (Å²) in [7, 11) is 0. The first-order valence-corrected chi connectivity index (χ1v) is 9.01. The molecule has 0 bridgehead atoms. The lowest BCUT2D eigenvalue weighted by atomic mass is 9.95. The third kappa shape index (κ3) is 4.01. The number of imide groups is 2. The second-order valence-electron chi connectivity index (χ2n) is 6.64. The molecule has 144 valence electrons. The fraction of sp³-hybridized carbons (Fsp3) is 0.143. The van der Waals surface area contributed by atoms with Crippen molar-refractivity contribution in [3.8, 4) is 0 Å². The van der Waals surface area contributed by atoms with Crippen LogP contribution in [-0.4, -0.2) is 45.1 Å². The molecule has 2 heterocycles. The van der Waals surface area contributed by atoms with Gasteiger partial charge in [0.1, 0.15) is 0 Å². The molecule has 0 saturated heterocycles. The number of hydrazone groups is 2. The highest BCUT2D eigenvalue weighted by atomic mass is 16.2. The van der Waals surface area contributed by atoms with Crippen LogP contribution in [0.15, 0.2) is 82.1 Å². The van der Waals surface area contributed by atoms with Crippen molar-refractivity contribution in [2.24, 2.45) is 10.2 Å². The number of amides is 4. The summed E-state index contributed by atoms with van der Waals surface area (Å²) in [6.07, 6.45) is 18.0. The van der Waals surface area contributed by atoms with Gasteiger partial charge in [0.25, 0.3) is 23.6 Å². The zero-order chi connectivity index (χ0) is 20.4. The molecule has 0 fully saturated rings. The molecule has 29 heavy (non-hydrogen) atoms. The van der Waals surface area contributed by atoms with E-state index in [2.05, 4.69) is 10.2 Å². The highest BCUT2D eigenvalue weighted by molar-refractivity contribution is 6.14. The molecule has 0 atom stereocenters. The van der Waals surface area contributed by atoms with E-state index in [0.29, 0.717) is 30.7 Å². The Labute approximate surface area is 166 Å². The Hall–Kier alpha value is -3.94. The highest BCUT2D eigenvalue weighted by Crippen LogP contribution is 2.22. The van der Waals surface area contributed by atoms with Crippen LogP contribution in [0, 0.1) is 0 Å². The first kappa shape index (κ1) is 18.4. The Kier molecular flexibility index (Phi) is 4.82. The summed E-state index contributed by atoms with van der Waals surface area (Å²) in [5.41, 5.74) is 3.45. The van der Waals surface area contributed by atoms with Crippen LogP contribution in [0.5, 0.6) is 0 Å². The van der Waals surface area contributed by atoms with Gasteiger partial charge in [-0.25, -0.2) is 0 Å². The van der Waals surface area contributed by atoms with Crippen molar-refractivity contribution >= 4 is 35.1 Å². The van der Waals surface area contributed by atoms with E-state index in [1.807, 2.05) is 24.3 Å². The molecule has 2 aliphatic carbocycles. The molecule has 0 radical (unpaired) electrons. The van der Waals surface area contributed by atoms with Gasteiger partial charge in [0.2, 0.25) is 0 Å². The fourth-order valence-corrected chi connectivity index (χ4v) is 3.03. The Balaban J connectivity index is 1.34. The van der Waals surface area contributed by atoms with E-state index in [-0.39, 0.29) is 0 Å². The van der Waals surface area contributed by atoms with Crippen molar-refractivity contribution in [2.75, 3.05) is 0 Å². The minimum absolute atomic E-state index is 0.436. The van der Waals surface area contributed by atoms with Crippen LogP contribution in [0.2, 0.25) is 0 Å². The average Bonchev–Trinajstić information content (AvgIpc) is 3.21. The number of hydrogen-bond acceptors (Lipinski definition) is 6. The largest absolute Gasteiger partial charge is 0.274 e. The zero-order valence-corrected chi connectivity index (χ0v) is 15.3. The van der Waals surface area contributed by atoms with Crippen LogP contribution in [0.3, 0.4) is 0 Å². The van der Waals surface area contributed by atoms with E-state index in [0.717, 1.165) is 21.2 Å². The quantitative estimate of drug-likeness (QED) is 0.685. The van der Waals surface area contributed by atoms with Gasteiger partial charge < -0.3 is 0 Å². The standard InChI is InChI=1S/C21H16N4O4/c26-18-9-10-19(27)24(18)22-16-5-1-14(2-6-16)13-15-3-7-17(8-4-15)23-25-20(28)11-12-21(25)29/h1-5,7,9-12H,6,8,13H2. The van der Waals surface area contributed by atoms with Crippen LogP contribution in [0.4, 0.5) is 0 Å². The molecule has 0 unspecified atom stereocenters. The summed E-state index contributed by atoms with van der Waals surface area (Å²) >= 11 is 0. The number of hydrogen-bond donors (Lipinski definition) is 0. The lowest BCUT2D eigenvalue weighted by Crippen LogP contribution is -2.25. The first-order valence-electron chi connectivity index (χ1n) is 9.01. The van der Waals surface area contributed by atoms with E-state index in [1.54, 1.807) is 12.2 Å². The van der Waals surface area contributed by atoms with Gasteiger partial charge in [-0.05, 0) is 29.7 Å². The molecule has 0 aromatic carbocycles.